The Hall–Kier alpha value is -4.61. The van der Waals surface area contributed by atoms with Gasteiger partial charge in [0.25, 0.3) is 0 Å². The molecule has 1 aliphatic rings. The molecule has 198 valence electrons. The molecule has 4 atom stereocenters. The van der Waals surface area contributed by atoms with Crippen LogP contribution in [0, 0.1) is 0 Å². The first-order chi connectivity index (χ1) is 19.0. The van der Waals surface area contributed by atoms with Crippen molar-refractivity contribution in [3.05, 3.63) is 123 Å². The fourth-order valence-electron chi connectivity index (χ4n) is 3.99. The van der Waals surface area contributed by atoms with E-state index < -0.39 is 47.3 Å². The summed E-state index contributed by atoms with van der Waals surface area (Å²) in [5.41, 5.74) is 0.791. The molecule has 5 rings (SSSR count). The van der Waals surface area contributed by atoms with E-state index >= 15 is 0 Å². The summed E-state index contributed by atoms with van der Waals surface area (Å²) in [4.78, 5) is 49.7. The van der Waals surface area contributed by atoms with Crippen molar-refractivity contribution in [2.24, 2.45) is 0 Å². The number of esters is 3. The average Bonchev–Trinajstić information content (AvgIpc) is 3.56. The summed E-state index contributed by atoms with van der Waals surface area (Å²) in [5.74, 6) is -2.23. The number of carbonyl (C=O) groups excluding carboxylic acids is 3. The number of ether oxygens (including phenoxy) is 4. The van der Waals surface area contributed by atoms with Crippen molar-refractivity contribution in [1.82, 2.24) is 4.37 Å². The highest BCUT2D eigenvalue weighted by atomic mass is 32.1. The van der Waals surface area contributed by atoms with Gasteiger partial charge in [0.2, 0.25) is 5.89 Å². The summed E-state index contributed by atoms with van der Waals surface area (Å²) < 4.78 is 32.2. The standard InChI is InChI=1S/C28H21NO9S/c30-25(17-10-4-1-5-11-17)34-16-20-21(36-26(31)18-12-6-2-7-13-18)22(23(35-20)24-29-39-28(33)38-24)37-27(32)19-14-8-3-9-15-19/h1-15,20-23H,16H2/t20-,21-,22-,23-/m1/s1. The van der Waals surface area contributed by atoms with E-state index in [0.29, 0.717) is 17.1 Å². The van der Waals surface area contributed by atoms with Crippen molar-refractivity contribution in [3.8, 4) is 0 Å². The second-order valence-electron chi connectivity index (χ2n) is 8.40. The quantitative estimate of drug-likeness (QED) is 0.237. The van der Waals surface area contributed by atoms with Gasteiger partial charge >= 0.3 is 22.8 Å². The molecule has 11 heteroatoms. The van der Waals surface area contributed by atoms with E-state index in [1.54, 1.807) is 91.0 Å². The molecule has 1 aliphatic heterocycles. The van der Waals surface area contributed by atoms with Crippen LogP contribution in [0.5, 0.6) is 0 Å². The van der Waals surface area contributed by atoms with Gasteiger partial charge in [0.05, 0.1) is 16.7 Å². The molecule has 0 radical (unpaired) electrons. The molecular weight excluding hydrogens is 526 g/mol. The maximum absolute atomic E-state index is 13.0. The zero-order valence-electron chi connectivity index (χ0n) is 20.2. The van der Waals surface area contributed by atoms with E-state index in [1.165, 1.54) is 0 Å². The first kappa shape index (κ1) is 26.0. The summed E-state index contributed by atoms with van der Waals surface area (Å²) in [5, 5.41) is 0. The van der Waals surface area contributed by atoms with Crippen molar-refractivity contribution in [2.75, 3.05) is 6.61 Å². The topological polar surface area (TPSA) is 131 Å². The number of rotatable bonds is 8. The number of hydrogen-bond donors (Lipinski definition) is 0. The summed E-state index contributed by atoms with van der Waals surface area (Å²) in [6.07, 6.45) is -4.83. The van der Waals surface area contributed by atoms with Crippen LogP contribution in [0.15, 0.2) is 100 Å². The minimum absolute atomic E-state index is 0.159. The lowest BCUT2D eigenvalue weighted by molar-refractivity contribution is -0.0469. The van der Waals surface area contributed by atoms with Gasteiger partial charge in [0, 0.05) is 11.5 Å². The van der Waals surface area contributed by atoms with Crippen LogP contribution in [0.25, 0.3) is 0 Å². The van der Waals surface area contributed by atoms with Gasteiger partial charge in [0.1, 0.15) is 12.7 Å². The van der Waals surface area contributed by atoms with Gasteiger partial charge in [-0.2, -0.15) is 0 Å². The predicted molar refractivity (Wildman–Crippen MR) is 136 cm³/mol. The highest BCUT2D eigenvalue weighted by Crippen LogP contribution is 2.38. The fraction of sp³-hybridized carbons (Fsp3) is 0.179. The number of hydrogen-bond acceptors (Lipinski definition) is 11. The van der Waals surface area contributed by atoms with Crippen molar-refractivity contribution in [1.29, 1.82) is 0 Å². The molecule has 10 nitrogen and oxygen atoms in total. The zero-order chi connectivity index (χ0) is 27.2. The molecule has 0 bridgehead atoms. The molecule has 0 amide bonds. The Morgan fingerprint density at radius 3 is 1.69 bits per heavy atom. The molecule has 2 heterocycles. The minimum Gasteiger partial charge on any atom is -0.459 e. The highest BCUT2D eigenvalue weighted by molar-refractivity contribution is 7.02. The molecule has 0 N–H and O–H groups in total. The van der Waals surface area contributed by atoms with Crippen molar-refractivity contribution in [3.63, 3.8) is 0 Å². The molecule has 1 fully saturated rings. The van der Waals surface area contributed by atoms with Gasteiger partial charge < -0.3 is 23.4 Å². The fourth-order valence-corrected chi connectivity index (χ4v) is 4.42. The van der Waals surface area contributed by atoms with Crippen LogP contribution < -0.4 is 4.94 Å². The second-order valence-corrected chi connectivity index (χ2v) is 9.10. The second kappa shape index (κ2) is 11.8. The van der Waals surface area contributed by atoms with E-state index in [2.05, 4.69) is 4.37 Å². The van der Waals surface area contributed by atoms with Gasteiger partial charge in [-0.25, -0.2) is 19.2 Å². The molecule has 0 aliphatic carbocycles. The van der Waals surface area contributed by atoms with E-state index in [-0.39, 0.29) is 23.6 Å². The van der Waals surface area contributed by atoms with Crippen molar-refractivity contribution in [2.45, 2.75) is 24.4 Å². The molecule has 39 heavy (non-hydrogen) atoms. The Morgan fingerprint density at radius 1 is 0.718 bits per heavy atom. The van der Waals surface area contributed by atoms with Gasteiger partial charge in [-0.05, 0) is 36.4 Å². The lowest BCUT2D eigenvalue weighted by atomic mass is 10.1. The van der Waals surface area contributed by atoms with E-state index in [0.717, 1.165) is 0 Å². The molecule has 4 aromatic rings. The lowest BCUT2D eigenvalue weighted by Crippen LogP contribution is -2.40. The molecule has 0 saturated carbocycles. The smallest absolute Gasteiger partial charge is 0.414 e. The zero-order valence-corrected chi connectivity index (χ0v) is 21.0. The van der Waals surface area contributed by atoms with Gasteiger partial charge in [-0.3, -0.25) is 0 Å². The van der Waals surface area contributed by atoms with Crippen molar-refractivity contribution < 1.29 is 37.7 Å². The summed E-state index contributed by atoms with van der Waals surface area (Å²) in [6, 6.07) is 24.7. The Labute approximate surface area is 225 Å². The van der Waals surface area contributed by atoms with Gasteiger partial charge in [0.15, 0.2) is 18.3 Å². The molecule has 0 unspecified atom stereocenters. The molecule has 0 spiro atoms. The third-order valence-electron chi connectivity index (χ3n) is 5.84. The summed E-state index contributed by atoms with van der Waals surface area (Å²) >= 11 is 0.551. The minimum atomic E-state index is -1.28. The van der Waals surface area contributed by atoms with Crippen LogP contribution in [0.3, 0.4) is 0 Å². The van der Waals surface area contributed by atoms with E-state index in [4.69, 9.17) is 23.4 Å². The first-order valence-electron chi connectivity index (χ1n) is 11.9. The Morgan fingerprint density at radius 2 is 1.21 bits per heavy atom. The predicted octanol–water partition coefficient (Wildman–Crippen LogP) is 3.84. The monoisotopic (exact) mass is 547 g/mol. The lowest BCUT2D eigenvalue weighted by Gasteiger charge is -2.24. The molecule has 1 saturated heterocycles. The Kier molecular flexibility index (Phi) is 7.90. The van der Waals surface area contributed by atoms with E-state index in [1.807, 2.05) is 0 Å². The highest BCUT2D eigenvalue weighted by Gasteiger charge is 2.53. The van der Waals surface area contributed by atoms with Crippen molar-refractivity contribution >= 4 is 29.4 Å². The molecular formula is C28H21NO9S. The number of aromatic nitrogens is 1. The Balaban J connectivity index is 1.45. The van der Waals surface area contributed by atoms with Crippen LogP contribution in [0.2, 0.25) is 0 Å². The first-order valence-corrected chi connectivity index (χ1v) is 12.6. The third-order valence-corrected chi connectivity index (χ3v) is 6.35. The third kappa shape index (κ3) is 6.11. The number of benzene rings is 3. The maximum Gasteiger partial charge on any atom is 0.414 e. The Bertz CT molecular complexity index is 1490. The largest absolute Gasteiger partial charge is 0.459 e. The van der Waals surface area contributed by atoms with Crippen LogP contribution in [-0.4, -0.2) is 47.2 Å². The maximum atomic E-state index is 13.0. The summed E-state index contributed by atoms with van der Waals surface area (Å²) in [6.45, 7) is -0.356. The van der Waals surface area contributed by atoms with Gasteiger partial charge in [-0.15, -0.1) is 4.37 Å². The molecule has 1 aromatic heterocycles. The SMILES string of the molecule is O=C(OC[C@H]1O[C@@H](c2nsc(=O)o2)[C@H](OC(=O)c2ccccc2)[C@@H]1OC(=O)c1ccccc1)c1ccccc1. The number of nitrogens with zero attached hydrogens (tertiary/aromatic N) is 1. The average molecular weight is 548 g/mol. The van der Waals surface area contributed by atoms with Crippen LogP contribution in [-0.2, 0) is 18.9 Å². The van der Waals surface area contributed by atoms with Crippen LogP contribution in [0.1, 0.15) is 43.1 Å². The van der Waals surface area contributed by atoms with E-state index in [9.17, 15) is 19.2 Å². The summed E-state index contributed by atoms with van der Waals surface area (Å²) in [7, 11) is 0. The molecule has 3 aromatic carbocycles. The van der Waals surface area contributed by atoms with Gasteiger partial charge in [-0.1, -0.05) is 54.6 Å². The normalized spacial score (nSPS) is 20.2. The number of carbonyl (C=O) groups is 3. The van der Waals surface area contributed by atoms with Crippen LogP contribution >= 0.6 is 11.5 Å². The van der Waals surface area contributed by atoms with Crippen LogP contribution in [0.4, 0.5) is 0 Å².